The molecule has 0 aliphatic carbocycles. The van der Waals surface area contributed by atoms with Crippen LogP contribution in [0.5, 0.6) is 0 Å². The summed E-state index contributed by atoms with van der Waals surface area (Å²) in [4.78, 5) is 23.0. The van der Waals surface area contributed by atoms with E-state index in [4.69, 9.17) is 11.6 Å². The van der Waals surface area contributed by atoms with Crippen molar-refractivity contribution in [3.05, 3.63) is 57.7 Å². The molecule has 0 saturated carbocycles. The van der Waals surface area contributed by atoms with Crippen molar-refractivity contribution in [2.75, 3.05) is 11.9 Å². The summed E-state index contributed by atoms with van der Waals surface area (Å²) in [5.74, 6) is -0.558. The van der Waals surface area contributed by atoms with Crippen LogP contribution >= 0.6 is 11.6 Å². The molecule has 1 heterocycles. The highest BCUT2D eigenvalue weighted by molar-refractivity contribution is 6.31. The zero-order valence-corrected chi connectivity index (χ0v) is 11.6. The van der Waals surface area contributed by atoms with Gasteiger partial charge in [-0.3, -0.25) is 4.79 Å². The Morgan fingerprint density at radius 1 is 1.38 bits per heavy atom. The van der Waals surface area contributed by atoms with E-state index in [-0.39, 0.29) is 23.7 Å². The van der Waals surface area contributed by atoms with E-state index >= 15 is 0 Å². The summed E-state index contributed by atoms with van der Waals surface area (Å²) in [6.45, 7) is 0.467. The summed E-state index contributed by atoms with van der Waals surface area (Å²) < 4.78 is 14.2. The van der Waals surface area contributed by atoms with Gasteiger partial charge in [-0.1, -0.05) is 11.6 Å². The standard InChI is InChI=1S/C13H12ClFN4O2/c14-10-8-9(3-4-11(10)15)18-13(21)16-6-7-19-12(20)2-1-5-17-19/h1-5,8H,6-7H2,(H2,16,18,21). The van der Waals surface area contributed by atoms with E-state index in [0.717, 1.165) is 6.07 Å². The minimum atomic E-state index is -0.558. The Morgan fingerprint density at radius 3 is 2.90 bits per heavy atom. The average molecular weight is 311 g/mol. The van der Waals surface area contributed by atoms with Gasteiger partial charge in [0.05, 0.1) is 11.6 Å². The van der Waals surface area contributed by atoms with Crippen molar-refractivity contribution in [2.45, 2.75) is 6.54 Å². The Balaban J connectivity index is 1.84. The molecule has 0 unspecified atom stereocenters. The SMILES string of the molecule is O=C(NCCn1ncccc1=O)Nc1ccc(F)c(Cl)c1. The van der Waals surface area contributed by atoms with E-state index < -0.39 is 11.8 Å². The van der Waals surface area contributed by atoms with Crippen LogP contribution in [0.3, 0.4) is 0 Å². The lowest BCUT2D eigenvalue weighted by atomic mass is 10.3. The fourth-order valence-corrected chi connectivity index (χ4v) is 1.76. The highest BCUT2D eigenvalue weighted by Gasteiger charge is 2.05. The number of halogens is 2. The maximum atomic E-state index is 13.0. The number of amides is 2. The number of hydrogen-bond donors (Lipinski definition) is 2. The number of carbonyl (C=O) groups excluding carboxylic acids is 1. The molecule has 0 bridgehead atoms. The zero-order chi connectivity index (χ0) is 15.2. The van der Waals surface area contributed by atoms with Gasteiger partial charge in [-0.25, -0.2) is 13.9 Å². The number of nitrogens with zero attached hydrogens (tertiary/aromatic N) is 2. The van der Waals surface area contributed by atoms with Crippen LogP contribution in [0.2, 0.25) is 5.02 Å². The molecule has 2 N–H and O–H groups in total. The second-order valence-corrected chi connectivity index (χ2v) is 4.50. The number of urea groups is 1. The Morgan fingerprint density at radius 2 is 2.19 bits per heavy atom. The molecule has 2 aromatic rings. The predicted molar refractivity (Wildman–Crippen MR) is 76.9 cm³/mol. The summed E-state index contributed by atoms with van der Waals surface area (Å²) in [5, 5.41) is 8.83. The Hall–Kier alpha value is -2.41. The van der Waals surface area contributed by atoms with Gasteiger partial charge in [0.15, 0.2) is 0 Å². The highest BCUT2D eigenvalue weighted by Crippen LogP contribution is 2.19. The topological polar surface area (TPSA) is 76.0 Å². The minimum absolute atomic E-state index is 0.0761. The summed E-state index contributed by atoms with van der Waals surface area (Å²) in [6, 6.07) is 6.29. The van der Waals surface area contributed by atoms with Crippen molar-refractivity contribution in [1.82, 2.24) is 15.1 Å². The number of benzene rings is 1. The number of nitrogens with one attached hydrogen (secondary N) is 2. The molecule has 0 radical (unpaired) electrons. The molecule has 0 aliphatic rings. The monoisotopic (exact) mass is 310 g/mol. The fraction of sp³-hybridized carbons (Fsp3) is 0.154. The minimum Gasteiger partial charge on any atom is -0.336 e. The van der Waals surface area contributed by atoms with Crippen molar-refractivity contribution in [3.8, 4) is 0 Å². The molecule has 2 amide bonds. The maximum Gasteiger partial charge on any atom is 0.319 e. The number of anilines is 1. The summed E-state index contributed by atoms with van der Waals surface area (Å²) >= 11 is 5.61. The molecule has 110 valence electrons. The van der Waals surface area contributed by atoms with Gasteiger partial charge in [0.25, 0.3) is 5.56 Å². The van der Waals surface area contributed by atoms with Gasteiger partial charge in [0, 0.05) is 24.5 Å². The van der Waals surface area contributed by atoms with Gasteiger partial charge < -0.3 is 10.6 Å². The second-order valence-electron chi connectivity index (χ2n) is 4.09. The first kappa shape index (κ1) is 15.0. The quantitative estimate of drug-likeness (QED) is 0.905. The lowest BCUT2D eigenvalue weighted by Crippen LogP contribution is -2.34. The van der Waals surface area contributed by atoms with E-state index in [1.54, 1.807) is 0 Å². The van der Waals surface area contributed by atoms with E-state index in [2.05, 4.69) is 15.7 Å². The average Bonchev–Trinajstić information content (AvgIpc) is 2.45. The smallest absolute Gasteiger partial charge is 0.319 e. The van der Waals surface area contributed by atoms with Crippen LogP contribution in [0.1, 0.15) is 0 Å². The highest BCUT2D eigenvalue weighted by atomic mass is 35.5. The van der Waals surface area contributed by atoms with Gasteiger partial charge in [-0.15, -0.1) is 0 Å². The van der Waals surface area contributed by atoms with E-state index in [1.807, 2.05) is 0 Å². The first-order chi connectivity index (χ1) is 10.1. The summed E-state index contributed by atoms with van der Waals surface area (Å²) in [6.07, 6.45) is 1.49. The first-order valence-electron chi connectivity index (χ1n) is 6.08. The van der Waals surface area contributed by atoms with E-state index in [0.29, 0.717) is 5.69 Å². The first-order valence-corrected chi connectivity index (χ1v) is 6.46. The van der Waals surface area contributed by atoms with Crippen LogP contribution in [0.15, 0.2) is 41.3 Å². The number of rotatable bonds is 4. The van der Waals surface area contributed by atoms with Crippen molar-refractivity contribution in [2.24, 2.45) is 0 Å². The van der Waals surface area contributed by atoms with Crippen molar-refractivity contribution in [1.29, 1.82) is 0 Å². The van der Waals surface area contributed by atoms with Crippen molar-refractivity contribution < 1.29 is 9.18 Å². The van der Waals surface area contributed by atoms with Crippen LogP contribution in [0.25, 0.3) is 0 Å². The molecular weight excluding hydrogens is 299 g/mol. The van der Waals surface area contributed by atoms with Gasteiger partial charge in [-0.2, -0.15) is 5.10 Å². The van der Waals surface area contributed by atoms with Gasteiger partial charge in [-0.05, 0) is 24.3 Å². The largest absolute Gasteiger partial charge is 0.336 e. The van der Waals surface area contributed by atoms with Crippen LogP contribution in [0, 0.1) is 5.82 Å². The van der Waals surface area contributed by atoms with E-state index in [1.165, 1.54) is 35.1 Å². The zero-order valence-electron chi connectivity index (χ0n) is 10.8. The third kappa shape index (κ3) is 4.28. The normalized spacial score (nSPS) is 10.2. The fourth-order valence-electron chi connectivity index (χ4n) is 1.58. The molecule has 0 atom stereocenters. The van der Waals surface area contributed by atoms with Gasteiger partial charge >= 0.3 is 6.03 Å². The molecule has 0 spiro atoms. The van der Waals surface area contributed by atoms with Crippen LogP contribution in [0.4, 0.5) is 14.9 Å². The molecule has 21 heavy (non-hydrogen) atoms. The summed E-state index contributed by atoms with van der Waals surface area (Å²) in [7, 11) is 0. The van der Waals surface area contributed by atoms with E-state index in [9.17, 15) is 14.0 Å². The Labute approximate surface area is 124 Å². The molecule has 8 heteroatoms. The molecule has 6 nitrogen and oxygen atoms in total. The lowest BCUT2D eigenvalue weighted by molar-refractivity contribution is 0.251. The van der Waals surface area contributed by atoms with Gasteiger partial charge in [0.2, 0.25) is 0 Å². The molecular formula is C13H12ClFN4O2. The molecule has 0 saturated heterocycles. The molecule has 1 aromatic heterocycles. The Kier molecular flexibility index (Phi) is 4.89. The van der Waals surface area contributed by atoms with Crippen LogP contribution in [-0.4, -0.2) is 22.4 Å². The summed E-state index contributed by atoms with van der Waals surface area (Å²) in [5.41, 5.74) is 0.124. The Bertz CT molecular complexity index is 705. The van der Waals surface area contributed by atoms with Crippen molar-refractivity contribution in [3.63, 3.8) is 0 Å². The number of hydrogen-bond acceptors (Lipinski definition) is 3. The number of aromatic nitrogens is 2. The van der Waals surface area contributed by atoms with Crippen LogP contribution < -0.4 is 16.2 Å². The maximum absolute atomic E-state index is 13.0. The molecule has 1 aromatic carbocycles. The third-order valence-electron chi connectivity index (χ3n) is 2.57. The molecule has 0 aliphatic heterocycles. The predicted octanol–water partition coefficient (Wildman–Crippen LogP) is 1.86. The lowest BCUT2D eigenvalue weighted by Gasteiger charge is -2.08. The third-order valence-corrected chi connectivity index (χ3v) is 2.86. The van der Waals surface area contributed by atoms with Crippen LogP contribution in [-0.2, 0) is 6.54 Å². The van der Waals surface area contributed by atoms with Crippen molar-refractivity contribution >= 4 is 23.3 Å². The second kappa shape index (κ2) is 6.85. The van der Waals surface area contributed by atoms with Gasteiger partial charge in [0.1, 0.15) is 5.82 Å². The molecule has 2 rings (SSSR count). The molecule has 0 fully saturated rings. The number of carbonyl (C=O) groups is 1.